The third kappa shape index (κ3) is 4.46. The minimum atomic E-state index is -0.212. The molecule has 6 nitrogen and oxygen atoms in total. The van der Waals surface area contributed by atoms with Gasteiger partial charge in [0.2, 0.25) is 0 Å². The Morgan fingerprint density at radius 2 is 2.13 bits per heavy atom. The van der Waals surface area contributed by atoms with Gasteiger partial charge in [-0.05, 0) is 23.8 Å². The number of thioether (sulfide) groups is 1. The summed E-state index contributed by atoms with van der Waals surface area (Å²) in [6, 6.07) is 5.21. The van der Waals surface area contributed by atoms with Gasteiger partial charge in [0.1, 0.15) is 4.32 Å². The van der Waals surface area contributed by atoms with Crippen LogP contribution in [0.4, 0.5) is 0 Å². The molecule has 0 bridgehead atoms. The molecule has 1 fully saturated rings. The number of rotatable bonds is 5. The second-order valence-corrected chi connectivity index (χ2v) is 6.56. The van der Waals surface area contributed by atoms with Crippen molar-refractivity contribution in [3.8, 4) is 11.5 Å². The van der Waals surface area contributed by atoms with Gasteiger partial charge in [-0.25, -0.2) is 0 Å². The Kier molecular flexibility index (Phi) is 5.62. The van der Waals surface area contributed by atoms with Crippen LogP contribution in [-0.2, 0) is 9.59 Å². The average molecular weight is 352 g/mol. The van der Waals surface area contributed by atoms with Crippen molar-refractivity contribution in [2.45, 2.75) is 0 Å². The highest BCUT2D eigenvalue weighted by Gasteiger charge is 2.22. The first-order valence-electron chi connectivity index (χ1n) is 6.66. The van der Waals surface area contributed by atoms with E-state index in [0.29, 0.717) is 20.7 Å². The van der Waals surface area contributed by atoms with Gasteiger partial charge in [-0.15, -0.1) is 0 Å². The molecule has 1 aromatic carbocycles. The first kappa shape index (κ1) is 17.3. The highest BCUT2D eigenvalue weighted by molar-refractivity contribution is 8.26. The number of amides is 2. The van der Waals surface area contributed by atoms with E-state index in [4.69, 9.17) is 21.7 Å². The summed E-state index contributed by atoms with van der Waals surface area (Å²) < 4.78 is 11.2. The van der Waals surface area contributed by atoms with Crippen LogP contribution in [0.5, 0.6) is 11.5 Å². The number of carbonyl (C=O) groups excluding carboxylic acids is 2. The van der Waals surface area contributed by atoms with Gasteiger partial charge in [-0.3, -0.25) is 9.59 Å². The van der Waals surface area contributed by atoms with Crippen molar-refractivity contribution in [2.75, 3.05) is 27.8 Å². The summed E-state index contributed by atoms with van der Waals surface area (Å²) in [6.45, 7) is -0.0731. The smallest absolute Gasteiger partial charge is 0.263 e. The summed E-state index contributed by atoms with van der Waals surface area (Å²) >= 11 is 6.16. The molecular formula is C15H16N2O4S2. The number of ether oxygens (including phenoxy) is 2. The lowest BCUT2D eigenvalue weighted by Gasteiger charge is -2.13. The Morgan fingerprint density at radius 3 is 2.70 bits per heavy atom. The Balaban J connectivity index is 2.16. The third-order valence-electron chi connectivity index (χ3n) is 2.98. The number of benzene rings is 1. The molecule has 23 heavy (non-hydrogen) atoms. The minimum absolute atomic E-state index is 0.0731. The fourth-order valence-electron chi connectivity index (χ4n) is 1.73. The zero-order chi connectivity index (χ0) is 17.0. The lowest BCUT2D eigenvalue weighted by Crippen LogP contribution is -2.27. The van der Waals surface area contributed by atoms with E-state index in [1.54, 1.807) is 38.4 Å². The van der Waals surface area contributed by atoms with Crippen LogP contribution >= 0.6 is 24.0 Å². The second kappa shape index (κ2) is 7.47. The summed E-state index contributed by atoms with van der Waals surface area (Å²) in [4.78, 5) is 25.2. The fraction of sp³-hybridized carbons (Fsp3) is 0.267. The first-order chi connectivity index (χ1) is 10.9. The molecule has 0 aliphatic carbocycles. The molecule has 0 atom stereocenters. The summed E-state index contributed by atoms with van der Waals surface area (Å²) in [5.74, 6) is 0.586. The number of thiocarbonyl (C=S) groups is 1. The molecule has 1 N–H and O–H groups in total. The van der Waals surface area contributed by atoms with Crippen LogP contribution in [-0.4, -0.2) is 48.8 Å². The summed E-state index contributed by atoms with van der Waals surface area (Å²) in [5, 5.41) is 2.56. The van der Waals surface area contributed by atoms with E-state index in [1.165, 1.54) is 23.8 Å². The molecule has 122 valence electrons. The number of hydrogen-bond donors (Lipinski definition) is 1. The zero-order valence-corrected chi connectivity index (χ0v) is 14.5. The predicted molar refractivity (Wildman–Crippen MR) is 93.5 cm³/mol. The number of nitrogens with one attached hydrogen (secondary N) is 1. The van der Waals surface area contributed by atoms with Crippen molar-refractivity contribution in [2.24, 2.45) is 0 Å². The van der Waals surface area contributed by atoms with Gasteiger partial charge < -0.3 is 19.7 Å². The number of hydrogen-bond acceptors (Lipinski definition) is 6. The van der Waals surface area contributed by atoms with Crippen LogP contribution < -0.4 is 14.8 Å². The van der Waals surface area contributed by atoms with Gasteiger partial charge in [0.15, 0.2) is 18.1 Å². The lowest BCUT2D eigenvalue weighted by atomic mass is 10.2. The van der Waals surface area contributed by atoms with Crippen molar-refractivity contribution < 1.29 is 19.1 Å². The van der Waals surface area contributed by atoms with Gasteiger partial charge in [0, 0.05) is 14.1 Å². The molecule has 1 aliphatic rings. The SMILES string of the molecule is COc1cc(/C=C2/SC(=S)NC2=O)ccc1OCC(=O)N(C)C. The number of likely N-dealkylation sites (N-methyl/N-ethyl adjacent to an activating group) is 1. The Morgan fingerprint density at radius 1 is 1.39 bits per heavy atom. The minimum Gasteiger partial charge on any atom is -0.493 e. The molecule has 0 saturated carbocycles. The normalized spacial score (nSPS) is 15.5. The largest absolute Gasteiger partial charge is 0.493 e. The second-order valence-electron chi connectivity index (χ2n) is 4.84. The molecule has 0 radical (unpaired) electrons. The van der Waals surface area contributed by atoms with Crippen LogP contribution in [0.3, 0.4) is 0 Å². The standard InChI is InChI=1S/C15H16N2O4S2/c1-17(2)13(18)8-21-10-5-4-9(6-11(10)20-3)7-12-14(19)16-15(22)23-12/h4-7H,8H2,1-3H3,(H,16,19,22)/b12-7+. The molecule has 8 heteroatoms. The maximum Gasteiger partial charge on any atom is 0.263 e. The molecule has 0 unspecified atom stereocenters. The zero-order valence-electron chi connectivity index (χ0n) is 12.9. The summed E-state index contributed by atoms with van der Waals surface area (Å²) in [5.41, 5.74) is 0.774. The van der Waals surface area contributed by atoms with Crippen molar-refractivity contribution in [3.63, 3.8) is 0 Å². The lowest BCUT2D eigenvalue weighted by molar-refractivity contribution is -0.130. The van der Waals surface area contributed by atoms with Crippen LogP contribution in [0, 0.1) is 0 Å². The number of carbonyl (C=O) groups is 2. The van der Waals surface area contributed by atoms with Crippen molar-refractivity contribution in [1.82, 2.24) is 10.2 Å². The van der Waals surface area contributed by atoms with E-state index >= 15 is 0 Å². The average Bonchev–Trinajstić information content (AvgIpc) is 2.82. The molecule has 1 aliphatic heterocycles. The van der Waals surface area contributed by atoms with Crippen molar-refractivity contribution in [1.29, 1.82) is 0 Å². The molecular weight excluding hydrogens is 336 g/mol. The van der Waals surface area contributed by atoms with Crippen LogP contribution in [0.2, 0.25) is 0 Å². The highest BCUT2D eigenvalue weighted by atomic mass is 32.2. The van der Waals surface area contributed by atoms with Gasteiger partial charge >= 0.3 is 0 Å². The van der Waals surface area contributed by atoms with Gasteiger partial charge in [0.05, 0.1) is 12.0 Å². The molecule has 1 saturated heterocycles. The van der Waals surface area contributed by atoms with Crippen molar-refractivity contribution >= 4 is 46.2 Å². The number of nitrogens with zero attached hydrogens (tertiary/aromatic N) is 1. The highest BCUT2D eigenvalue weighted by Crippen LogP contribution is 2.31. The van der Waals surface area contributed by atoms with Crippen molar-refractivity contribution in [3.05, 3.63) is 28.7 Å². The monoisotopic (exact) mass is 352 g/mol. The maximum atomic E-state index is 11.7. The first-order valence-corrected chi connectivity index (χ1v) is 7.89. The topological polar surface area (TPSA) is 67.9 Å². The summed E-state index contributed by atoms with van der Waals surface area (Å²) in [6.07, 6.45) is 1.72. The molecule has 2 rings (SSSR count). The molecule has 2 amide bonds. The van der Waals surface area contributed by atoms with Crippen LogP contribution in [0.15, 0.2) is 23.1 Å². The van der Waals surface area contributed by atoms with Crippen LogP contribution in [0.1, 0.15) is 5.56 Å². The number of methoxy groups -OCH3 is 1. The molecule has 1 heterocycles. The van der Waals surface area contributed by atoms with E-state index in [9.17, 15) is 9.59 Å². The van der Waals surface area contributed by atoms with E-state index in [-0.39, 0.29) is 18.4 Å². The van der Waals surface area contributed by atoms with Gasteiger partial charge in [-0.1, -0.05) is 30.0 Å². The van der Waals surface area contributed by atoms with E-state index in [2.05, 4.69) is 5.32 Å². The summed E-state index contributed by atoms with van der Waals surface area (Å²) in [7, 11) is 4.83. The Bertz CT molecular complexity index is 686. The quantitative estimate of drug-likeness (QED) is 0.642. The van der Waals surface area contributed by atoms with E-state index in [0.717, 1.165) is 5.56 Å². The van der Waals surface area contributed by atoms with Gasteiger partial charge in [0.25, 0.3) is 11.8 Å². The Labute approximate surface area is 143 Å². The third-order valence-corrected chi connectivity index (χ3v) is 4.14. The Hall–Kier alpha value is -2.06. The van der Waals surface area contributed by atoms with Crippen LogP contribution in [0.25, 0.3) is 6.08 Å². The van der Waals surface area contributed by atoms with E-state index in [1.807, 2.05) is 0 Å². The maximum absolute atomic E-state index is 11.7. The fourth-order valence-corrected chi connectivity index (χ4v) is 2.78. The molecule has 0 spiro atoms. The van der Waals surface area contributed by atoms with Gasteiger partial charge in [-0.2, -0.15) is 0 Å². The molecule has 0 aromatic heterocycles. The predicted octanol–water partition coefficient (Wildman–Crippen LogP) is 1.65. The molecule has 1 aromatic rings. The van der Waals surface area contributed by atoms with E-state index < -0.39 is 0 Å².